The maximum absolute atomic E-state index is 12.6. The normalized spacial score (nSPS) is 12.2. The Morgan fingerprint density at radius 1 is 1.25 bits per heavy atom. The molecule has 11 heteroatoms. The van der Waals surface area contributed by atoms with Gasteiger partial charge in [0.2, 0.25) is 0 Å². The van der Waals surface area contributed by atoms with Gasteiger partial charge in [0.1, 0.15) is 5.56 Å². The van der Waals surface area contributed by atoms with Crippen LogP contribution in [0.4, 0.5) is 26.3 Å². The minimum atomic E-state index is -5.53. The Kier molecular flexibility index (Phi) is 4.01. The van der Waals surface area contributed by atoms with E-state index in [4.69, 9.17) is 5.11 Å². The zero-order chi connectivity index (χ0) is 15.7. The SMILES string of the molecule is COc1cnc(C(F)(F)F)c(OC(F)(F)F)c1C(=O)O. The van der Waals surface area contributed by atoms with Crippen molar-refractivity contribution in [2.45, 2.75) is 12.5 Å². The molecule has 0 atom stereocenters. The lowest BCUT2D eigenvalue weighted by atomic mass is 10.1. The number of carboxylic acids is 1. The molecule has 0 aromatic carbocycles. The molecule has 1 N–H and O–H groups in total. The summed E-state index contributed by atoms with van der Waals surface area (Å²) in [7, 11) is 0.855. The van der Waals surface area contributed by atoms with Crippen LogP contribution < -0.4 is 9.47 Å². The minimum Gasteiger partial charge on any atom is -0.494 e. The molecule has 0 spiro atoms. The first-order valence-corrected chi connectivity index (χ1v) is 4.60. The van der Waals surface area contributed by atoms with Gasteiger partial charge in [-0.2, -0.15) is 13.2 Å². The third-order valence-corrected chi connectivity index (χ3v) is 1.92. The van der Waals surface area contributed by atoms with E-state index >= 15 is 0 Å². The maximum Gasteiger partial charge on any atom is 0.573 e. The van der Waals surface area contributed by atoms with Crippen molar-refractivity contribution in [3.8, 4) is 11.5 Å². The van der Waals surface area contributed by atoms with Crippen LogP contribution in [0.2, 0.25) is 0 Å². The molecule has 0 amide bonds. The number of aromatic carboxylic acids is 1. The van der Waals surface area contributed by atoms with Crippen LogP contribution in [0.25, 0.3) is 0 Å². The molecule has 0 saturated heterocycles. The van der Waals surface area contributed by atoms with Gasteiger partial charge in [-0.3, -0.25) is 0 Å². The van der Waals surface area contributed by atoms with Crippen molar-refractivity contribution in [3.05, 3.63) is 17.5 Å². The molecule has 1 aromatic heterocycles. The fourth-order valence-electron chi connectivity index (χ4n) is 1.25. The first kappa shape index (κ1) is 15.9. The molecule has 1 aromatic rings. The summed E-state index contributed by atoms with van der Waals surface area (Å²) in [4.78, 5) is 13.6. The van der Waals surface area contributed by atoms with Gasteiger partial charge in [-0.1, -0.05) is 0 Å². The monoisotopic (exact) mass is 305 g/mol. The Labute approximate surface area is 106 Å². The predicted octanol–water partition coefficient (Wildman–Crippen LogP) is 2.71. The van der Waals surface area contributed by atoms with Crippen LogP contribution in [0, 0.1) is 0 Å². The van der Waals surface area contributed by atoms with E-state index in [9.17, 15) is 31.1 Å². The van der Waals surface area contributed by atoms with E-state index in [1.54, 1.807) is 0 Å². The highest BCUT2D eigenvalue weighted by Crippen LogP contribution is 2.41. The van der Waals surface area contributed by atoms with Gasteiger partial charge in [0.15, 0.2) is 17.2 Å². The van der Waals surface area contributed by atoms with Gasteiger partial charge in [-0.15, -0.1) is 13.2 Å². The number of ether oxygens (including phenoxy) is 2. The second kappa shape index (κ2) is 5.06. The van der Waals surface area contributed by atoms with E-state index in [0.717, 1.165) is 7.11 Å². The van der Waals surface area contributed by atoms with Crippen molar-refractivity contribution in [3.63, 3.8) is 0 Å². The van der Waals surface area contributed by atoms with E-state index in [0.29, 0.717) is 6.20 Å². The van der Waals surface area contributed by atoms with Gasteiger partial charge in [0.05, 0.1) is 13.3 Å². The Bertz CT molecular complexity index is 524. The van der Waals surface area contributed by atoms with Crippen molar-refractivity contribution in [2.75, 3.05) is 7.11 Å². The summed E-state index contributed by atoms with van der Waals surface area (Å²) in [5.74, 6) is -4.87. The zero-order valence-corrected chi connectivity index (χ0v) is 9.46. The Morgan fingerprint density at radius 2 is 1.80 bits per heavy atom. The van der Waals surface area contributed by atoms with Gasteiger partial charge < -0.3 is 14.6 Å². The molecule has 0 aliphatic heterocycles. The highest BCUT2D eigenvalue weighted by molar-refractivity contribution is 5.94. The summed E-state index contributed by atoms with van der Waals surface area (Å²) in [5, 5.41) is 8.74. The Balaban J connectivity index is 3.64. The standard InChI is InChI=1S/C9H5F6NO4/c1-19-3-2-16-6(8(10,11)12)5(4(3)7(17)18)20-9(13,14)15/h2H,1H3,(H,17,18). The number of alkyl halides is 6. The number of aromatic nitrogens is 1. The van der Waals surface area contributed by atoms with Crippen LogP contribution in [-0.4, -0.2) is 29.5 Å². The second-order valence-corrected chi connectivity index (χ2v) is 3.23. The average molecular weight is 305 g/mol. The topological polar surface area (TPSA) is 68.7 Å². The van der Waals surface area contributed by atoms with Crippen LogP contribution in [0.5, 0.6) is 11.5 Å². The highest BCUT2D eigenvalue weighted by atomic mass is 19.4. The van der Waals surface area contributed by atoms with Gasteiger partial charge in [0.25, 0.3) is 0 Å². The Hall–Kier alpha value is -2.20. The zero-order valence-electron chi connectivity index (χ0n) is 9.46. The van der Waals surface area contributed by atoms with Crippen molar-refractivity contribution >= 4 is 5.97 Å². The molecule has 5 nitrogen and oxygen atoms in total. The Morgan fingerprint density at radius 3 is 2.15 bits per heavy atom. The first-order valence-electron chi connectivity index (χ1n) is 4.60. The number of carbonyl (C=O) groups is 1. The molecule has 0 unspecified atom stereocenters. The predicted molar refractivity (Wildman–Crippen MR) is 49.4 cm³/mol. The summed E-state index contributed by atoms with van der Waals surface area (Å²) in [6.45, 7) is 0. The average Bonchev–Trinajstić information content (AvgIpc) is 2.23. The van der Waals surface area contributed by atoms with Crippen molar-refractivity contribution in [1.82, 2.24) is 4.98 Å². The number of hydrogen-bond acceptors (Lipinski definition) is 4. The van der Waals surface area contributed by atoms with Gasteiger partial charge in [0, 0.05) is 0 Å². The number of hydrogen-bond donors (Lipinski definition) is 1. The molecule has 1 rings (SSSR count). The highest BCUT2D eigenvalue weighted by Gasteiger charge is 2.44. The van der Waals surface area contributed by atoms with Gasteiger partial charge >= 0.3 is 18.5 Å². The molecule has 0 aliphatic carbocycles. The summed E-state index contributed by atoms with van der Waals surface area (Å²) < 4.78 is 81.6. The van der Waals surface area contributed by atoms with Crippen molar-refractivity contribution in [1.29, 1.82) is 0 Å². The third-order valence-electron chi connectivity index (χ3n) is 1.92. The number of halogens is 6. The van der Waals surface area contributed by atoms with Gasteiger partial charge in [-0.05, 0) is 0 Å². The summed E-state index contributed by atoms with van der Waals surface area (Å²) in [6, 6.07) is 0. The lowest BCUT2D eigenvalue weighted by Gasteiger charge is -2.17. The summed E-state index contributed by atoms with van der Waals surface area (Å²) in [5.41, 5.74) is -3.54. The summed E-state index contributed by atoms with van der Waals surface area (Å²) in [6.07, 6.45) is -10.5. The van der Waals surface area contributed by atoms with Crippen LogP contribution in [0.1, 0.15) is 16.1 Å². The van der Waals surface area contributed by atoms with E-state index in [2.05, 4.69) is 14.5 Å². The molecule has 1 heterocycles. The number of rotatable bonds is 3. The molecule has 0 aliphatic rings. The number of nitrogens with zero attached hydrogens (tertiary/aromatic N) is 1. The molecule has 0 bridgehead atoms. The smallest absolute Gasteiger partial charge is 0.494 e. The molecular formula is C9H5F6NO4. The molecule has 0 radical (unpaired) electrons. The molecular weight excluding hydrogens is 300 g/mol. The fourth-order valence-corrected chi connectivity index (χ4v) is 1.25. The number of methoxy groups -OCH3 is 1. The largest absolute Gasteiger partial charge is 0.573 e. The number of carboxylic acid groups (broad SMARTS) is 1. The lowest BCUT2D eigenvalue weighted by Crippen LogP contribution is -2.23. The van der Waals surface area contributed by atoms with E-state index in [-0.39, 0.29) is 0 Å². The fraction of sp³-hybridized carbons (Fsp3) is 0.333. The van der Waals surface area contributed by atoms with E-state index in [1.165, 1.54) is 0 Å². The van der Waals surface area contributed by atoms with Crippen LogP contribution in [0.3, 0.4) is 0 Å². The van der Waals surface area contributed by atoms with Crippen molar-refractivity contribution in [2.24, 2.45) is 0 Å². The van der Waals surface area contributed by atoms with Crippen molar-refractivity contribution < 1.29 is 45.7 Å². The summed E-state index contributed by atoms with van der Waals surface area (Å²) >= 11 is 0. The molecule has 112 valence electrons. The lowest BCUT2D eigenvalue weighted by molar-refractivity contribution is -0.276. The molecule has 20 heavy (non-hydrogen) atoms. The number of pyridine rings is 1. The maximum atomic E-state index is 12.6. The first-order chi connectivity index (χ1) is 8.97. The van der Waals surface area contributed by atoms with Crippen LogP contribution in [-0.2, 0) is 6.18 Å². The third kappa shape index (κ3) is 3.42. The minimum absolute atomic E-state index is 0.343. The van der Waals surface area contributed by atoms with E-state index < -0.39 is 41.3 Å². The molecule has 0 fully saturated rings. The second-order valence-electron chi connectivity index (χ2n) is 3.23. The van der Waals surface area contributed by atoms with Crippen LogP contribution >= 0.6 is 0 Å². The van der Waals surface area contributed by atoms with E-state index in [1.807, 2.05) is 0 Å². The quantitative estimate of drug-likeness (QED) is 0.870. The molecule has 0 saturated carbocycles. The van der Waals surface area contributed by atoms with Gasteiger partial charge in [-0.25, -0.2) is 9.78 Å². The van der Waals surface area contributed by atoms with Crippen LogP contribution in [0.15, 0.2) is 6.20 Å².